The van der Waals surface area contributed by atoms with E-state index in [1.807, 2.05) is 6.20 Å². The van der Waals surface area contributed by atoms with E-state index in [-0.39, 0.29) is 0 Å². The zero-order valence-corrected chi connectivity index (χ0v) is 12.3. The maximum atomic E-state index is 4.54. The van der Waals surface area contributed by atoms with Crippen molar-refractivity contribution >= 4 is 0 Å². The van der Waals surface area contributed by atoms with Gasteiger partial charge >= 0.3 is 0 Å². The fourth-order valence-electron chi connectivity index (χ4n) is 3.50. The fraction of sp³-hybridized carbons (Fsp3) is 0.800. The van der Waals surface area contributed by atoms with Crippen LogP contribution in [-0.2, 0) is 6.54 Å². The third-order valence-corrected chi connectivity index (χ3v) is 4.59. The maximum Gasteiger partial charge on any atom is 0.123 e. The van der Waals surface area contributed by atoms with Crippen LogP contribution in [0.3, 0.4) is 0 Å². The zero-order valence-electron chi connectivity index (χ0n) is 12.3. The van der Waals surface area contributed by atoms with Gasteiger partial charge in [-0.2, -0.15) is 0 Å². The summed E-state index contributed by atoms with van der Waals surface area (Å²) >= 11 is 0. The molecule has 1 aromatic rings. The molecule has 0 aromatic carbocycles. The number of nitrogens with zero attached hydrogens (tertiary/aromatic N) is 4. The third-order valence-electron chi connectivity index (χ3n) is 4.59. The highest BCUT2D eigenvalue weighted by atomic mass is 15.3. The van der Waals surface area contributed by atoms with Crippen LogP contribution in [0.25, 0.3) is 0 Å². The molecule has 106 valence electrons. The molecule has 0 bridgehead atoms. The number of piperidine rings is 1. The molecular weight excluding hydrogens is 236 g/mol. The van der Waals surface area contributed by atoms with Crippen molar-refractivity contribution in [3.05, 3.63) is 18.2 Å². The Balaban J connectivity index is 1.62. The van der Waals surface area contributed by atoms with E-state index in [1.165, 1.54) is 51.3 Å². The molecule has 1 aromatic heterocycles. The molecule has 2 fully saturated rings. The monoisotopic (exact) mass is 262 g/mol. The molecule has 4 nitrogen and oxygen atoms in total. The van der Waals surface area contributed by atoms with E-state index in [2.05, 4.69) is 39.4 Å². The van der Waals surface area contributed by atoms with E-state index in [9.17, 15) is 0 Å². The van der Waals surface area contributed by atoms with Crippen molar-refractivity contribution in [2.24, 2.45) is 0 Å². The van der Waals surface area contributed by atoms with Crippen LogP contribution in [0.2, 0.25) is 0 Å². The molecule has 2 saturated heterocycles. The van der Waals surface area contributed by atoms with Crippen LogP contribution in [0.5, 0.6) is 0 Å². The highest BCUT2D eigenvalue weighted by molar-refractivity contribution is 4.96. The second-order valence-corrected chi connectivity index (χ2v) is 6.27. The molecule has 3 rings (SSSR count). The second kappa shape index (κ2) is 5.63. The molecule has 1 atom stereocenters. The Morgan fingerprint density at radius 1 is 1.26 bits per heavy atom. The van der Waals surface area contributed by atoms with Crippen molar-refractivity contribution in [3.63, 3.8) is 0 Å². The molecule has 0 radical (unpaired) electrons. The minimum atomic E-state index is 0.508. The third kappa shape index (κ3) is 2.84. The SMILES string of the molecule is CC(C)n1ccnc1CN1CCN2CCCC[C@H]2C1. The average Bonchev–Trinajstić information content (AvgIpc) is 2.87. The van der Waals surface area contributed by atoms with E-state index >= 15 is 0 Å². The largest absolute Gasteiger partial charge is 0.331 e. The summed E-state index contributed by atoms with van der Waals surface area (Å²) in [6.07, 6.45) is 8.24. The Morgan fingerprint density at radius 2 is 2.16 bits per heavy atom. The summed E-state index contributed by atoms with van der Waals surface area (Å²) in [5.74, 6) is 1.22. The Labute approximate surface area is 116 Å². The first-order valence-electron chi connectivity index (χ1n) is 7.72. The van der Waals surface area contributed by atoms with Crippen LogP contribution in [0.4, 0.5) is 0 Å². The summed E-state index contributed by atoms with van der Waals surface area (Å²) in [4.78, 5) is 9.82. The predicted molar refractivity (Wildman–Crippen MR) is 77.1 cm³/mol. The lowest BCUT2D eigenvalue weighted by atomic mass is 9.99. The molecule has 0 spiro atoms. The number of hydrogen-bond acceptors (Lipinski definition) is 3. The number of hydrogen-bond donors (Lipinski definition) is 0. The number of rotatable bonds is 3. The van der Waals surface area contributed by atoms with Crippen molar-refractivity contribution in [1.82, 2.24) is 19.4 Å². The van der Waals surface area contributed by atoms with E-state index in [4.69, 9.17) is 0 Å². The molecule has 2 aliphatic rings. The number of aromatic nitrogens is 2. The number of piperazine rings is 1. The Kier molecular flexibility index (Phi) is 3.89. The van der Waals surface area contributed by atoms with Crippen LogP contribution in [-0.4, -0.2) is 51.6 Å². The van der Waals surface area contributed by atoms with E-state index in [1.54, 1.807) is 0 Å². The number of imidazole rings is 1. The first kappa shape index (κ1) is 13.1. The predicted octanol–water partition coefficient (Wildman–Crippen LogP) is 2.13. The van der Waals surface area contributed by atoms with Gasteiger partial charge in [0.05, 0.1) is 6.54 Å². The van der Waals surface area contributed by atoms with Crippen molar-refractivity contribution in [1.29, 1.82) is 0 Å². The summed E-state index contributed by atoms with van der Waals surface area (Å²) in [5.41, 5.74) is 0. The van der Waals surface area contributed by atoms with Gasteiger partial charge in [-0.05, 0) is 33.2 Å². The molecule has 0 N–H and O–H groups in total. The summed E-state index contributed by atoms with van der Waals surface area (Å²) < 4.78 is 2.30. The standard InChI is InChI=1S/C15H26N4/c1-13(2)19-8-6-16-15(19)12-17-9-10-18-7-4-3-5-14(18)11-17/h6,8,13-14H,3-5,7,9-12H2,1-2H3/t14-/m0/s1. The first-order chi connectivity index (χ1) is 9.24. The molecule has 0 unspecified atom stereocenters. The van der Waals surface area contributed by atoms with Gasteiger partial charge in [0.15, 0.2) is 0 Å². The summed E-state index contributed by atoms with van der Waals surface area (Å²) in [6, 6.07) is 1.30. The van der Waals surface area contributed by atoms with Gasteiger partial charge < -0.3 is 4.57 Å². The summed E-state index contributed by atoms with van der Waals surface area (Å²) in [7, 11) is 0. The summed E-state index contributed by atoms with van der Waals surface area (Å²) in [5, 5.41) is 0. The minimum Gasteiger partial charge on any atom is -0.331 e. The van der Waals surface area contributed by atoms with E-state index in [0.29, 0.717) is 6.04 Å². The van der Waals surface area contributed by atoms with Crippen molar-refractivity contribution in [3.8, 4) is 0 Å². The van der Waals surface area contributed by atoms with Crippen molar-refractivity contribution < 1.29 is 0 Å². The minimum absolute atomic E-state index is 0.508. The maximum absolute atomic E-state index is 4.54. The molecule has 0 amide bonds. The Morgan fingerprint density at radius 3 is 3.00 bits per heavy atom. The van der Waals surface area contributed by atoms with Crippen LogP contribution >= 0.6 is 0 Å². The topological polar surface area (TPSA) is 24.3 Å². The molecule has 0 saturated carbocycles. The molecule has 4 heteroatoms. The normalized spacial score (nSPS) is 25.7. The lowest BCUT2D eigenvalue weighted by molar-refractivity contribution is 0.0438. The van der Waals surface area contributed by atoms with Gasteiger partial charge in [-0.3, -0.25) is 9.80 Å². The molecule has 19 heavy (non-hydrogen) atoms. The van der Waals surface area contributed by atoms with Crippen LogP contribution in [0.1, 0.15) is 45.0 Å². The van der Waals surface area contributed by atoms with Crippen molar-refractivity contribution in [2.45, 2.75) is 51.7 Å². The molecule has 3 heterocycles. The van der Waals surface area contributed by atoms with Gasteiger partial charge in [0.2, 0.25) is 0 Å². The highest BCUT2D eigenvalue weighted by Crippen LogP contribution is 2.22. The lowest BCUT2D eigenvalue weighted by Gasteiger charge is -2.44. The van der Waals surface area contributed by atoms with Gasteiger partial charge in [-0.15, -0.1) is 0 Å². The van der Waals surface area contributed by atoms with E-state index in [0.717, 1.165) is 12.6 Å². The van der Waals surface area contributed by atoms with Gasteiger partial charge in [0.25, 0.3) is 0 Å². The Bertz CT molecular complexity index is 412. The van der Waals surface area contributed by atoms with Crippen molar-refractivity contribution in [2.75, 3.05) is 26.2 Å². The van der Waals surface area contributed by atoms with E-state index < -0.39 is 0 Å². The first-order valence-corrected chi connectivity index (χ1v) is 7.72. The summed E-state index contributed by atoms with van der Waals surface area (Å²) in [6.45, 7) is 10.4. The van der Waals surface area contributed by atoms with Gasteiger partial charge in [-0.25, -0.2) is 4.98 Å². The molecule has 2 aliphatic heterocycles. The molecular formula is C15H26N4. The smallest absolute Gasteiger partial charge is 0.123 e. The number of fused-ring (bicyclic) bond motifs is 1. The molecule has 0 aliphatic carbocycles. The van der Waals surface area contributed by atoms with Gasteiger partial charge in [0.1, 0.15) is 5.82 Å². The van der Waals surface area contributed by atoms with Crippen LogP contribution < -0.4 is 0 Å². The Hall–Kier alpha value is -0.870. The van der Waals surface area contributed by atoms with Crippen LogP contribution in [0.15, 0.2) is 12.4 Å². The van der Waals surface area contributed by atoms with Crippen LogP contribution in [0, 0.1) is 0 Å². The lowest BCUT2D eigenvalue weighted by Crippen LogP contribution is -2.54. The second-order valence-electron chi connectivity index (χ2n) is 6.27. The zero-order chi connectivity index (χ0) is 13.2. The fourth-order valence-corrected chi connectivity index (χ4v) is 3.50. The van der Waals surface area contributed by atoms with Gasteiger partial charge in [-0.1, -0.05) is 6.42 Å². The quantitative estimate of drug-likeness (QED) is 0.834. The average molecular weight is 262 g/mol. The highest BCUT2D eigenvalue weighted by Gasteiger charge is 2.29. The van der Waals surface area contributed by atoms with Gasteiger partial charge in [0, 0.05) is 44.1 Å².